The van der Waals surface area contributed by atoms with Crippen molar-refractivity contribution >= 4 is 29.3 Å². The van der Waals surface area contributed by atoms with E-state index >= 15 is 0 Å². The Morgan fingerprint density at radius 3 is 2.36 bits per heavy atom. The molecule has 0 aliphatic heterocycles. The number of anilines is 1. The zero-order chi connectivity index (χ0) is 18.2. The van der Waals surface area contributed by atoms with Crippen molar-refractivity contribution in [3.63, 3.8) is 0 Å². The summed E-state index contributed by atoms with van der Waals surface area (Å²) in [5.74, 6) is -0.103. The Kier molecular flexibility index (Phi) is 7.07. The highest BCUT2D eigenvalue weighted by molar-refractivity contribution is 8.00. The third-order valence-electron chi connectivity index (χ3n) is 3.85. The van der Waals surface area contributed by atoms with Crippen molar-refractivity contribution in [2.45, 2.75) is 30.9 Å². The molecule has 0 aliphatic rings. The molecular formula is C20H24N2O2S. The van der Waals surface area contributed by atoms with Gasteiger partial charge in [0.05, 0.1) is 5.25 Å². The zero-order valence-corrected chi connectivity index (χ0v) is 15.7. The van der Waals surface area contributed by atoms with Crippen molar-refractivity contribution in [1.82, 2.24) is 4.90 Å². The van der Waals surface area contributed by atoms with Crippen LogP contribution in [0, 0.1) is 0 Å². The Morgan fingerprint density at radius 2 is 1.72 bits per heavy atom. The second-order valence-electron chi connectivity index (χ2n) is 5.62. The molecule has 132 valence electrons. The van der Waals surface area contributed by atoms with Crippen molar-refractivity contribution in [2.24, 2.45) is 0 Å². The molecule has 4 nitrogen and oxygen atoms in total. The summed E-state index contributed by atoms with van der Waals surface area (Å²) in [4.78, 5) is 27.7. The molecule has 0 radical (unpaired) electrons. The van der Waals surface area contributed by atoms with Gasteiger partial charge in [-0.15, -0.1) is 11.8 Å². The molecule has 0 spiro atoms. The van der Waals surface area contributed by atoms with Crippen LogP contribution in [0.5, 0.6) is 0 Å². The molecule has 0 aromatic heterocycles. The highest BCUT2D eigenvalue weighted by Crippen LogP contribution is 2.24. The van der Waals surface area contributed by atoms with Gasteiger partial charge >= 0.3 is 0 Å². The summed E-state index contributed by atoms with van der Waals surface area (Å²) < 4.78 is 0. The number of rotatable bonds is 7. The van der Waals surface area contributed by atoms with Gasteiger partial charge in [-0.1, -0.05) is 24.3 Å². The zero-order valence-electron chi connectivity index (χ0n) is 14.9. The number of benzene rings is 2. The normalized spacial score (nSPS) is 11.6. The highest BCUT2D eigenvalue weighted by Gasteiger charge is 2.16. The van der Waals surface area contributed by atoms with Crippen LogP contribution in [-0.2, 0) is 4.79 Å². The van der Waals surface area contributed by atoms with Crippen molar-refractivity contribution in [1.29, 1.82) is 0 Å². The molecule has 0 saturated carbocycles. The number of thioether (sulfide) groups is 1. The van der Waals surface area contributed by atoms with E-state index in [9.17, 15) is 9.59 Å². The van der Waals surface area contributed by atoms with Gasteiger partial charge in [-0.2, -0.15) is 0 Å². The monoisotopic (exact) mass is 356 g/mol. The van der Waals surface area contributed by atoms with E-state index in [0.717, 1.165) is 4.90 Å². The number of hydrogen-bond acceptors (Lipinski definition) is 3. The summed E-state index contributed by atoms with van der Waals surface area (Å²) in [6.45, 7) is 7.11. The molecule has 0 fully saturated rings. The molecule has 2 aromatic carbocycles. The molecule has 1 atom stereocenters. The lowest BCUT2D eigenvalue weighted by Gasteiger charge is -2.19. The predicted octanol–water partition coefficient (Wildman–Crippen LogP) is 4.29. The third kappa shape index (κ3) is 5.36. The van der Waals surface area contributed by atoms with Crippen molar-refractivity contribution < 1.29 is 9.59 Å². The third-order valence-corrected chi connectivity index (χ3v) is 4.96. The van der Waals surface area contributed by atoms with E-state index in [4.69, 9.17) is 0 Å². The molecule has 0 heterocycles. The van der Waals surface area contributed by atoms with Gasteiger partial charge < -0.3 is 10.2 Å². The van der Waals surface area contributed by atoms with Gasteiger partial charge in [-0.3, -0.25) is 9.59 Å². The number of nitrogens with one attached hydrogen (secondary N) is 1. The summed E-state index contributed by atoms with van der Waals surface area (Å²) in [6.07, 6.45) is 0. The van der Waals surface area contributed by atoms with E-state index in [-0.39, 0.29) is 17.1 Å². The van der Waals surface area contributed by atoms with Gasteiger partial charge in [0.2, 0.25) is 5.91 Å². The molecule has 2 amide bonds. The molecule has 1 unspecified atom stereocenters. The summed E-state index contributed by atoms with van der Waals surface area (Å²) in [5.41, 5.74) is 1.23. The summed E-state index contributed by atoms with van der Waals surface area (Å²) >= 11 is 1.51. The van der Waals surface area contributed by atoms with Crippen LogP contribution < -0.4 is 5.32 Å². The summed E-state index contributed by atoms with van der Waals surface area (Å²) in [6, 6.07) is 16.9. The molecular weight excluding hydrogens is 332 g/mol. The first kappa shape index (κ1) is 19.1. The molecule has 0 saturated heterocycles. The fraction of sp³-hybridized carbons (Fsp3) is 0.300. The summed E-state index contributed by atoms with van der Waals surface area (Å²) in [5, 5.41) is 2.67. The average Bonchev–Trinajstić information content (AvgIpc) is 2.63. The first-order chi connectivity index (χ1) is 12.0. The maximum atomic E-state index is 12.4. The minimum atomic E-state index is -0.232. The van der Waals surface area contributed by atoms with Crippen LogP contribution in [-0.4, -0.2) is 35.1 Å². The SMILES string of the molecule is CCN(CC)C(=O)c1cccc(NC(=O)C(C)Sc2ccccc2)c1. The predicted molar refractivity (Wildman–Crippen MR) is 104 cm³/mol. The molecule has 5 heteroatoms. The molecule has 25 heavy (non-hydrogen) atoms. The van der Waals surface area contributed by atoms with Gasteiger partial charge in [0.15, 0.2) is 0 Å². The van der Waals surface area contributed by atoms with Crippen LogP contribution in [0.3, 0.4) is 0 Å². The number of carbonyl (C=O) groups excluding carboxylic acids is 2. The number of hydrogen-bond donors (Lipinski definition) is 1. The van der Waals surface area contributed by atoms with Crippen LogP contribution in [0.15, 0.2) is 59.5 Å². The van der Waals surface area contributed by atoms with E-state index in [1.165, 1.54) is 11.8 Å². The van der Waals surface area contributed by atoms with E-state index in [0.29, 0.717) is 24.3 Å². The largest absolute Gasteiger partial charge is 0.339 e. The second kappa shape index (κ2) is 9.28. The Bertz CT molecular complexity index is 715. The fourth-order valence-corrected chi connectivity index (χ4v) is 3.31. The van der Waals surface area contributed by atoms with E-state index in [1.54, 1.807) is 29.2 Å². The first-order valence-corrected chi connectivity index (χ1v) is 9.35. The molecule has 2 rings (SSSR count). The van der Waals surface area contributed by atoms with Crippen molar-refractivity contribution in [3.8, 4) is 0 Å². The van der Waals surface area contributed by atoms with Crippen LogP contribution in [0.25, 0.3) is 0 Å². The first-order valence-electron chi connectivity index (χ1n) is 8.47. The van der Waals surface area contributed by atoms with Crippen molar-refractivity contribution in [3.05, 3.63) is 60.2 Å². The Hall–Kier alpha value is -2.27. The lowest BCUT2D eigenvalue weighted by Crippen LogP contribution is -2.30. The molecule has 0 bridgehead atoms. The van der Waals surface area contributed by atoms with Gasteiger partial charge in [0, 0.05) is 29.2 Å². The van der Waals surface area contributed by atoms with E-state index in [1.807, 2.05) is 51.1 Å². The van der Waals surface area contributed by atoms with Crippen LogP contribution in [0.1, 0.15) is 31.1 Å². The average molecular weight is 356 g/mol. The number of carbonyl (C=O) groups is 2. The molecule has 2 aromatic rings. The maximum absolute atomic E-state index is 12.4. The summed E-state index contributed by atoms with van der Waals surface area (Å²) in [7, 11) is 0. The fourth-order valence-electron chi connectivity index (χ4n) is 2.42. The van der Waals surface area contributed by atoms with Gasteiger partial charge in [-0.05, 0) is 51.1 Å². The lowest BCUT2D eigenvalue weighted by atomic mass is 10.1. The Labute approximate surface area is 153 Å². The Balaban J connectivity index is 2.03. The highest BCUT2D eigenvalue weighted by atomic mass is 32.2. The van der Waals surface area contributed by atoms with Crippen LogP contribution >= 0.6 is 11.8 Å². The van der Waals surface area contributed by atoms with Gasteiger partial charge in [0.25, 0.3) is 5.91 Å². The van der Waals surface area contributed by atoms with Gasteiger partial charge in [0.1, 0.15) is 0 Å². The number of amides is 2. The number of nitrogens with zero attached hydrogens (tertiary/aromatic N) is 1. The van der Waals surface area contributed by atoms with Crippen LogP contribution in [0.2, 0.25) is 0 Å². The van der Waals surface area contributed by atoms with Crippen molar-refractivity contribution in [2.75, 3.05) is 18.4 Å². The molecule has 0 aliphatic carbocycles. The standard InChI is InChI=1S/C20H24N2O2S/c1-4-22(5-2)20(24)16-10-9-11-17(14-16)21-19(23)15(3)25-18-12-7-6-8-13-18/h6-15H,4-5H2,1-3H3,(H,21,23). The minimum absolute atomic E-state index is 0.0205. The van der Waals surface area contributed by atoms with Gasteiger partial charge in [-0.25, -0.2) is 0 Å². The lowest BCUT2D eigenvalue weighted by molar-refractivity contribution is -0.115. The quantitative estimate of drug-likeness (QED) is 0.753. The molecule has 1 N–H and O–H groups in total. The Morgan fingerprint density at radius 1 is 1.04 bits per heavy atom. The van der Waals surface area contributed by atoms with E-state index < -0.39 is 0 Å². The minimum Gasteiger partial charge on any atom is -0.339 e. The van der Waals surface area contributed by atoms with Crippen LogP contribution in [0.4, 0.5) is 5.69 Å². The van der Waals surface area contributed by atoms with E-state index in [2.05, 4.69) is 5.32 Å². The smallest absolute Gasteiger partial charge is 0.253 e. The second-order valence-corrected chi connectivity index (χ2v) is 7.03. The topological polar surface area (TPSA) is 49.4 Å². The maximum Gasteiger partial charge on any atom is 0.253 e.